The Morgan fingerprint density at radius 2 is 1.82 bits per heavy atom. The average molecular weight is 407 g/mol. The summed E-state index contributed by atoms with van der Waals surface area (Å²) in [6, 6.07) is 10.4. The van der Waals surface area contributed by atoms with Crippen molar-refractivity contribution in [1.82, 2.24) is 5.32 Å². The van der Waals surface area contributed by atoms with Gasteiger partial charge in [0.15, 0.2) is 0 Å². The van der Waals surface area contributed by atoms with Crippen LogP contribution in [-0.4, -0.2) is 26.6 Å². The van der Waals surface area contributed by atoms with Crippen molar-refractivity contribution in [2.75, 3.05) is 10.6 Å². The minimum atomic E-state index is -3.78. The summed E-state index contributed by atoms with van der Waals surface area (Å²) in [4.78, 5) is 12.7. The number of aryl methyl sites for hydroxylation is 2. The lowest BCUT2D eigenvalue weighted by molar-refractivity contribution is -0.122. The fourth-order valence-corrected chi connectivity index (χ4v) is 4.33. The Bertz CT molecular complexity index is 944. The third kappa shape index (κ3) is 5.32. The van der Waals surface area contributed by atoms with Gasteiger partial charge in [-0.1, -0.05) is 38.1 Å². The Kier molecular flexibility index (Phi) is 7.18. The number of carbonyl (C=O) groups is 1. The van der Waals surface area contributed by atoms with Gasteiger partial charge in [-0.25, -0.2) is 12.8 Å². The lowest BCUT2D eigenvalue weighted by Crippen LogP contribution is -2.47. The molecule has 2 aromatic rings. The molecule has 1 atom stereocenters. The normalized spacial score (nSPS) is 12.5. The van der Waals surface area contributed by atoms with Gasteiger partial charge < -0.3 is 5.32 Å². The van der Waals surface area contributed by atoms with Crippen molar-refractivity contribution in [3.05, 3.63) is 65.0 Å². The summed E-state index contributed by atoms with van der Waals surface area (Å²) >= 11 is 0. The molecule has 0 fully saturated rings. The van der Waals surface area contributed by atoms with Crippen LogP contribution in [0.15, 0.2) is 42.5 Å². The smallest absolute Gasteiger partial charge is 0.243 e. The summed E-state index contributed by atoms with van der Waals surface area (Å²) in [5.41, 5.74) is 3.44. The van der Waals surface area contributed by atoms with Crippen LogP contribution in [-0.2, 0) is 34.2 Å². The first-order valence-electron chi connectivity index (χ1n) is 9.30. The Morgan fingerprint density at radius 1 is 1.11 bits per heavy atom. The fraction of sp³-hybridized carbons (Fsp3) is 0.381. The van der Waals surface area contributed by atoms with E-state index in [4.69, 9.17) is 0 Å². The van der Waals surface area contributed by atoms with E-state index in [1.54, 1.807) is 0 Å². The number of carbonyl (C=O) groups excluding carboxylic acids is 1. The van der Waals surface area contributed by atoms with Crippen LogP contribution in [0.25, 0.3) is 0 Å². The van der Waals surface area contributed by atoms with E-state index < -0.39 is 27.8 Å². The fourth-order valence-electron chi connectivity index (χ4n) is 3.16. The van der Waals surface area contributed by atoms with Crippen molar-refractivity contribution in [3.8, 4) is 0 Å². The van der Waals surface area contributed by atoms with Gasteiger partial charge in [-0.2, -0.15) is 0 Å². The van der Waals surface area contributed by atoms with Crippen LogP contribution >= 0.6 is 0 Å². The topological polar surface area (TPSA) is 66.5 Å². The minimum Gasteiger partial charge on any atom is -0.350 e. The van der Waals surface area contributed by atoms with Crippen LogP contribution in [0.3, 0.4) is 0 Å². The maximum Gasteiger partial charge on any atom is 0.243 e. The van der Waals surface area contributed by atoms with Crippen LogP contribution in [0.4, 0.5) is 10.1 Å². The summed E-state index contributed by atoms with van der Waals surface area (Å²) in [6.07, 6.45) is 2.73. The van der Waals surface area contributed by atoms with Crippen molar-refractivity contribution in [2.24, 2.45) is 0 Å². The standard InChI is InChI=1S/C21H27FN2O3S/c1-5-16-10-11-17(6-2)18(12-16)14-23-21(25)15(3)24(28(4,26)27)20-9-7-8-19(22)13-20/h7-13,15H,5-6,14H2,1-4H3,(H,23,25). The van der Waals surface area contributed by atoms with E-state index in [-0.39, 0.29) is 5.69 Å². The number of rotatable bonds is 8. The molecule has 0 saturated heterocycles. The van der Waals surface area contributed by atoms with Crippen LogP contribution in [0, 0.1) is 5.82 Å². The average Bonchev–Trinajstić information content (AvgIpc) is 2.64. The van der Waals surface area contributed by atoms with Gasteiger partial charge in [-0.15, -0.1) is 0 Å². The Morgan fingerprint density at radius 3 is 2.39 bits per heavy atom. The number of hydrogen-bond acceptors (Lipinski definition) is 3. The molecule has 0 aliphatic rings. The highest BCUT2D eigenvalue weighted by atomic mass is 32.2. The van der Waals surface area contributed by atoms with Gasteiger partial charge in [-0.05, 0) is 54.7 Å². The molecule has 5 nitrogen and oxygen atoms in total. The first kappa shape index (κ1) is 21.9. The zero-order valence-electron chi connectivity index (χ0n) is 16.7. The number of nitrogens with one attached hydrogen (secondary N) is 1. The third-order valence-electron chi connectivity index (χ3n) is 4.66. The van der Waals surface area contributed by atoms with Gasteiger partial charge in [-0.3, -0.25) is 9.10 Å². The molecular formula is C21H27FN2O3S. The monoisotopic (exact) mass is 406 g/mol. The number of anilines is 1. The van der Waals surface area contributed by atoms with Crippen molar-refractivity contribution < 1.29 is 17.6 Å². The molecule has 28 heavy (non-hydrogen) atoms. The number of amides is 1. The summed E-state index contributed by atoms with van der Waals surface area (Å²) < 4.78 is 39.1. The summed E-state index contributed by atoms with van der Waals surface area (Å²) in [5, 5.41) is 2.82. The van der Waals surface area contributed by atoms with E-state index in [1.165, 1.54) is 30.7 Å². The van der Waals surface area contributed by atoms with Gasteiger partial charge in [0.1, 0.15) is 11.9 Å². The van der Waals surface area contributed by atoms with E-state index in [9.17, 15) is 17.6 Å². The SMILES string of the molecule is CCc1ccc(CC)c(CNC(=O)C(C)N(c2cccc(F)c2)S(C)(=O)=O)c1. The Balaban J connectivity index is 2.22. The molecule has 0 aromatic heterocycles. The van der Waals surface area contributed by atoms with Gasteiger partial charge in [0, 0.05) is 6.54 Å². The molecule has 0 bridgehead atoms. The molecule has 0 heterocycles. The zero-order valence-corrected chi connectivity index (χ0v) is 17.5. The molecule has 152 valence electrons. The predicted octanol–water partition coefficient (Wildman–Crippen LogP) is 3.42. The van der Waals surface area contributed by atoms with E-state index in [0.29, 0.717) is 6.54 Å². The molecule has 2 rings (SSSR count). The number of hydrogen-bond donors (Lipinski definition) is 1. The molecule has 0 aliphatic carbocycles. The minimum absolute atomic E-state index is 0.118. The first-order valence-corrected chi connectivity index (χ1v) is 11.2. The highest BCUT2D eigenvalue weighted by Crippen LogP contribution is 2.22. The molecule has 0 aliphatic heterocycles. The second-order valence-corrected chi connectivity index (χ2v) is 8.60. The van der Waals surface area contributed by atoms with Crippen LogP contribution in [0.2, 0.25) is 0 Å². The summed E-state index contributed by atoms with van der Waals surface area (Å²) in [7, 11) is -3.78. The lowest BCUT2D eigenvalue weighted by atomic mass is 10.0. The number of nitrogens with zero attached hydrogens (tertiary/aromatic N) is 1. The molecule has 1 N–H and O–H groups in total. The zero-order chi connectivity index (χ0) is 20.9. The van der Waals surface area contributed by atoms with Crippen molar-refractivity contribution in [2.45, 2.75) is 46.2 Å². The summed E-state index contributed by atoms with van der Waals surface area (Å²) in [6.45, 7) is 5.91. The Labute approximate surface area is 166 Å². The van der Waals surface area contributed by atoms with E-state index in [0.717, 1.165) is 40.6 Å². The van der Waals surface area contributed by atoms with Crippen molar-refractivity contribution in [1.29, 1.82) is 0 Å². The molecule has 2 aromatic carbocycles. The number of benzene rings is 2. The molecule has 1 unspecified atom stereocenters. The van der Waals surface area contributed by atoms with Gasteiger partial charge in [0.05, 0.1) is 11.9 Å². The second kappa shape index (κ2) is 9.19. The number of halogens is 1. The van der Waals surface area contributed by atoms with E-state index in [2.05, 4.69) is 30.4 Å². The second-order valence-electron chi connectivity index (χ2n) is 6.74. The highest BCUT2D eigenvalue weighted by molar-refractivity contribution is 7.92. The van der Waals surface area contributed by atoms with Crippen LogP contribution in [0.5, 0.6) is 0 Å². The predicted molar refractivity (Wildman–Crippen MR) is 110 cm³/mol. The lowest BCUT2D eigenvalue weighted by Gasteiger charge is -2.28. The van der Waals surface area contributed by atoms with Crippen LogP contribution in [0.1, 0.15) is 37.5 Å². The maximum atomic E-state index is 13.6. The van der Waals surface area contributed by atoms with Crippen molar-refractivity contribution in [3.63, 3.8) is 0 Å². The van der Waals surface area contributed by atoms with Gasteiger partial charge in [0.2, 0.25) is 15.9 Å². The Hall–Kier alpha value is -2.41. The quantitative estimate of drug-likeness (QED) is 0.730. The molecule has 0 spiro atoms. The third-order valence-corrected chi connectivity index (χ3v) is 5.91. The number of sulfonamides is 1. The molecule has 0 radical (unpaired) electrons. The largest absolute Gasteiger partial charge is 0.350 e. The molecular weight excluding hydrogens is 379 g/mol. The molecule has 1 amide bonds. The molecule has 0 saturated carbocycles. The summed E-state index contributed by atoms with van der Waals surface area (Å²) in [5.74, 6) is -1.01. The van der Waals surface area contributed by atoms with Gasteiger partial charge in [0.25, 0.3) is 0 Å². The van der Waals surface area contributed by atoms with Crippen LogP contribution < -0.4 is 9.62 Å². The van der Waals surface area contributed by atoms with Gasteiger partial charge >= 0.3 is 0 Å². The van der Waals surface area contributed by atoms with Crippen molar-refractivity contribution >= 4 is 21.6 Å². The molecule has 7 heteroatoms. The van der Waals surface area contributed by atoms with E-state index in [1.807, 2.05) is 6.92 Å². The maximum absolute atomic E-state index is 13.6. The first-order chi connectivity index (χ1) is 13.2. The highest BCUT2D eigenvalue weighted by Gasteiger charge is 2.29. The van der Waals surface area contributed by atoms with E-state index >= 15 is 0 Å².